The van der Waals surface area contributed by atoms with Crippen LogP contribution < -0.4 is 4.72 Å². The van der Waals surface area contributed by atoms with Crippen LogP contribution in [0.25, 0.3) is 6.20 Å². The summed E-state index contributed by atoms with van der Waals surface area (Å²) < 4.78 is 70.8. The molecule has 3 atom stereocenters. The number of rotatable bonds is 4. The molecular formula is C22H25F3N4O3S. The van der Waals surface area contributed by atoms with E-state index in [-0.39, 0.29) is 16.8 Å². The van der Waals surface area contributed by atoms with Gasteiger partial charge in [-0.15, -0.1) is 0 Å². The molecule has 1 aromatic carbocycles. The van der Waals surface area contributed by atoms with E-state index in [1.165, 1.54) is 31.7 Å². The molecular weight excluding hydrogens is 457 g/mol. The van der Waals surface area contributed by atoms with E-state index in [9.17, 15) is 22.0 Å². The van der Waals surface area contributed by atoms with Crippen LogP contribution in [0, 0.1) is 11.6 Å². The van der Waals surface area contributed by atoms with Crippen molar-refractivity contribution < 1.29 is 26.4 Å². The summed E-state index contributed by atoms with van der Waals surface area (Å²) in [6.07, 6.45) is 3.61. The molecule has 2 aliphatic heterocycles. The number of carbonyl (C=O) groups excluding carboxylic acids is 1. The number of hydrogen-bond acceptors (Lipinski definition) is 5. The summed E-state index contributed by atoms with van der Waals surface area (Å²) in [4.78, 5) is 14.5. The first kappa shape index (κ1) is 23.5. The predicted octanol–water partition coefficient (Wildman–Crippen LogP) is 3.72. The lowest BCUT2D eigenvalue weighted by Crippen LogP contribution is -2.43. The van der Waals surface area contributed by atoms with Crippen LogP contribution in [-0.2, 0) is 10.0 Å². The van der Waals surface area contributed by atoms with Crippen LogP contribution in [0.3, 0.4) is 0 Å². The highest BCUT2D eigenvalue weighted by atomic mass is 32.2. The molecule has 2 aliphatic rings. The van der Waals surface area contributed by atoms with Gasteiger partial charge in [-0.25, -0.2) is 31.0 Å². The van der Waals surface area contributed by atoms with E-state index in [0.29, 0.717) is 19.4 Å². The number of amides is 1. The van der Waals surface area contributed by atoms with Crippen molar-refractivity contribution >= 4 is 22.1 Å². The van der Waals surface area contributed by atoms with E-state index in [1.807, 2.05) is 4.72 Å². The van der Waals surface area contributed by atoms with Gasteiger partial charge in [-0.3, -0.25) is 9.69 Å². The van der Waals surface area contributed by atoms with Crippen molar-refractivity contribution in [1.82, 2.24) is 19.4 Å². The van der Waals surface area contributed by atoms with Gasteiger partial charge < -0.3 is 0 Å². The normalized spacial score (nSPS) is 23.5. The van der Waals surface area contributed by atoms with Gasteiger partial charge in [-0.05, 0) is 64.4 Å². The topological polar surface area (TPSA) is 84.3 Å². The van der Waals surface area contributed by atoms with Gasteiger partial charge in [-0.1, -0.05) is 0 Å². The number of nitrogens with one attached hydrogen (secondary N) is 1. The number of nitrogens with zero attached hydrogens (tertiary/aromatic N) is 3. The molecule has 11 heteroatoms. The third-order valence-electron chi connectivity index (χ3n) is 6.09. The zero-order valence-electron chi connectivity index (χ0n) is 18.4. The van der Waals surface area contributed by atoms with Gasteiger partial charge in [-0.2, -0.15) is 5.10 Å². The molecule has 178 valence electrons. The highest BCUT2D eigenvalue weighted by Crippen LogP contribution is 2.41. The lowest BCUT2D eigenvalue weighted by Gasteiger charge is -2.35. The minimum absolute atomic E-state index is 0.0885. The third-order valence-corrected chi connectivity index (χ3v) is 8.16. The van der Waals surface area contributed by atoms with Crippen LogP contribution in [0.1, 0.15) is 67.4 Å². The van der Waals surface area contributed by atoms with Crippen molar-refractivity contribution in [2.45, 2.75) is 56.6 Å². The van der Waals surface area contributed by atoms with Crippen LogP contribution in [0.2, 0.25) is 0 Å². The summed E-state index contributed by atoms with van der Waals surface area (Å²) in [5.41, 5.74) is -0.131. The molecule has 1 fully saturated rings. The Kier molecular flexibility index (Phi) is 5.90. The molecule has 0 bridgehead atoms. The highest BCUT2D eigenvalue weighted by Gasteiger charge is 2.41. The van der Waals surface area contributed by atoms with Gasteiger partial charge in [0.25, 0.3) is 5.91 Å². The van der Waals surface area contributed by atoms with Crippen LogP contribution in [0.5, 0.6) is 0 Å². The van der Waals surface area contributed by atoms with Gasteiger partial charge in [0.2, 0.25) is 10.0 Å². The third kappa shape index (κ3) is 4.19. The fourth-order valence-corrected chi connectivity index (χ4v) is 4.89. The molecule has 3 heterocycles. The summed E-state index contributed by atoms with van der Waals surface area (Å²) in [5, 5.41) is 3.99. The van der Waals surface area contributed by atoms with Gasteiger partial charge in [0, 0.05) is 17.8 Å². The average molecular weight is 483 g/mol. The Morgan fingerprint density at radius 2 is 1.97 bits per heavy atom. The Bertz CT molecular complexity index is 1220. The molecule has 0 radical (unpaired) electrons. The predicted molar refractivity (Wildman–Crippen MR) is 116 cm³/mol. The van der Waals surface area contributed by atoms with Crippen LogP contribution >= 0.6 is 0 Å². The fourth-order valence-electron chi connectivity index (χ4n) is 4.23. The summed E-state index contributed by atoms with van der Waals surface area (Å²) in [6, 6.07) is 1.80. The zero-order chi connectivity index (χ0) is 24.1. The minimum Gasteiger partial charge on any atom is -0.287 e. The Morgan fingerprint density at radius 3 is 2.67 bits per heavy atom. The second-order valence-electron chi connectivity index (χ2n) is 9.23. The van der Waals surface area contributed by atoms with E-state index < -0.39 is 50.6 Å². The molecule has 1 N–H and O–H groups in total. The molecule has 4 rings (SSSR count). The van der Waals surface area contributed by atoms with Crippen molar-refractivity contribution in [3.63, 3.8) is 0 Å². The number of hydrogen-bond donors (Lipinski definition) is 1. The van der Waals surface area contributed by atoms with Crippen molar-refractivity contribution in [1.29, 1.82) is 0 Å². The van der Waals surface area contributed by atoms with Gasteiger partial charge in [0.05, 0.1) is 28.2 Å². The number of likely N-dealkylation sites (tertiary alicyclic amines) is 1. The second-order valence-corrected chi connectivity index (χ2v) is 11.7. The minimum atomic E-state index is -4.01. The second kappa shape index (κ2) is 8.28. The van der Waals surface area contributed by atoms with E-state index in [4.69, 9.17) is 0 Å². The molecule has 0 spiro atoms. The van der Waals surface area contributed by atoms with E-state index in [0.717, 1.165) is 24.4 Å². The van der Waals surface area contributed by atoms with Gasteiger partial charge >= 0.3 is 0 Å². The summed E-state index contributed by atoms with van der Waals surface area (Å²) >= 11 is 0. The Labute approximate surface area is 190 Å². The summed E-state index contributed by atoms with van der Waals surface area (Å²) in [6.45, 7) is 4.76. The Balaban J connectivity index is 1.64. The van der Waals surface area contributed by atoms with Gasteiger partial charge in [0.15, 0.2) is 6.17 Å². The molecule has 7 nitrogen and oxygen atoms in total. The number of alkyl halides is 1. The number of carbonyl (C=O) groups is 1. The molecule has 1 amide bonds. The number of halogens is 3. The molecule has 1 saturated heterocycles. The first-order chi connectivity index (χ1) is 15.4. The molecule has 33 heavy (non-hydrogen) atoms. The lowest BCUT2D eigenvalue weighted by molar-refractivity contribution is 0.0966. The SMILES string of the molecule is CC(C)(C)S(=O)(=O)NC(=O)c1cnn2c1C(F)C(N1CCC[C@@H]1c1cc(F)ccc1F)C=C2. The number of fused-ring (bicyclic) bond motifs is 1. The largest absolute Gasteiger partial charge is 0.287 e. The molecule has 2 aromatic rings. The molecule has 1 aromatic heterocycles. The van der Waals surface area contributed by atoms with Crippen LogP contribution in [-0.4, -0.2) is 46.3 Å². The fraction of sp³-hybridized carbons (Fsp3) is 0.455. The van der Waals surface area contributed by atoms with Crippen LogP contribution in [0.4, 0.5) is 13.2 Å². The van der Waals surface area contributed by atoms with Crippen molar-refractivity contribution in [2.24, 2.45) is 0 Å². The Morgan fingerprint density at radius 1 is 1.24 bits per heavy atom. The van der Waals surface area contributed by atoms with E-state index in [2.05, 4.69) is 5.10 Å². The van der Waals surface area contributed by atoms with Gasteiger partial charge in [0.1, 0.15) is 11.6 Å². The maximum atomic E-state index is 15.8. The van der Waals surface area contributed by atoms with E-state index >= 15 is 4.39 Å². The first-order valence-corrected chi connectivity index (χ1v) is 12.1. The summed E-state index contributed by atoms with van der Waals surface area (Å²) in [7, 11) is -4.01. The lowest BCUT2D eigenvalue weighted by atomic mass is 9.98. The monoisotopic (exact) mass is 482 g/mol. The quantitative estimate of drug-likeness (QED) is 0.718. The number of aromatic nitrogens is 2. The van der Waals surface area contributed by atoms with Crippen molar-refractivity contribution in [2.75, 3.05) is 6.54 Å². The maximum Gasteiger partial charge on any atom is 0.268 e. The average Bonchev–Trinajstić information content (AvgIpc) is 3.36. The zero-order valence-corrected chi connectivity index (χ0v) is 19.2. The standard InChI is InChI=1S/C22H25F3N4O3S/c1-22(2,3)33(31,32)27-21(30)15-12-26-29-10-8-18(19(25)20(15)29)28-9-4-5-17(28)14-11-13(23)6-7-16(14)24/h6-8,10-12,17-19H,4-5,9H2,1-3H3,(H,27,30)/t17-,18?,19?/m1/s1. The first-order valence-electron chi connectivity index (χ1n) is 10.6. The van der Waals surface area contributed by atoms with Crippen molar-refractivity contribution in [3.05, 3.63) is 58.9 Å². The number of benzene rings is 1. The number of sulfonamides is 1. The van der Waals surface area contributed by atoms with Crippen molar-refractivity contribution in [3.8, 4) is 0 Å². The van der Waals surface area contributed by atoms with Crippen LogP contribution in [0.15, 0.2) is 30.5 Å². The highest BCUT2D eigenvalue weighted by molar-refractivity contribution is 7.91. The van der Waals surface area contributed by atoms with E-state index in [1.54, 1.807) is 11.0 Å². The molecule has 2 unspecified atom stereocenters. The molecule has 0 aliphatic carbocycles. The molecule has 0 saturated carbocycles. The smallest absolute Gasteiger partial charge is 0.268 e. The maximum absolute atomic E-state index is 15.8. The summed E-state index contributed by atoms with van der Waals surface area (Å²) in [5.74, 6) is -2.12. The Hall–Kier alpha value is -2.66.